The largest absolute Gasteiger partial charge is 0.335 e. The van der Waals surface area contributed by atoms with Gasteiger partial charge in [0.25, 0.3) is 0 Å². The number of hydrogen-bond acceptors (Lipinski definition) is 2. The molecule has 96 valence electrons. The second-order valence-electron chi connectivity index (χ2n) is 4.40. The van der Waals surface area contributed by atoms with Crippen LogP contribution in [-0.4, -0.2) is 11.7 Å². The second kappa shape index (κ2) is 5.49. The number of nitrogens with zero attached hydrogens (tertiary/aromatic N) is 1. The number of nitrogens with one attached hydrogen (secondary N) is 1. The molecular weight excluding hydrogens is 252 g/mol. The van der Waals surface area contributed by atoms with Gasteiger partial charge >= 0.3 is 0 Å². The molecule has 1 N–H and O–H groups in total. The molecule has 3 rings (SSSR count). The summed E-state index contributed by atoms with van der Waals surface area (Å²) in [5.41, 5.74) is 3.82. The van der Waals surface area contributed by atoms with Crippen LogP contribution in [-0.2, 0) is 0 Å². The number of thioether (sulfide) groups is 1. The number of amidine groups is 1. The SMILES string of the molecule is CCN=C1Nc2ccccc2C(c2ccccc2)S1. The van der Waals surface area contributed by atoms with Crippen molar-refractivity contribution in [3.05, 3.63) is 65.7 Å². The molecule has 0 saturated heterocycles. The van der Waals surface area contributed by atoms with E-state index >= 15 is 0 Å². The first-order valence-electron chi connectivity index (χ1n) is 6.50. The molecule has 0 spiro atoms. The van der Waals surface area contributed by atoms with Crippen molar-refractivity contribution in [3.8, 4) is 0 Å². The van der Waals surface area contributed by atoms with Gasteiger partial charge in [-0.3, -0.25) is 4.99 Å². The maximum Gasteiger partial charge on any atom is 0.161 e. The van der Waals surface area contributed by atoms with Crippen molar-refractivity contribution in [2.24, 2.45) is 4.99 Å². The number of para-hydroxylation sites is 1. The normalized spacial score (nSPS) is 19.8. The lowest BCUT2D eigenvalue weighted by Crippen LogP contribution is -2.19. The van der Waals surface area contributed by atoms with Crippen molar-refractivity contribution < 1.29 is 0 Å². The van der Waals surface area contributed by atoms with Crippen LogP contribution >= 0.6 is 11.8 Å². The van der Waals surface area contributed by atoms with Gasteiger partial charge in [0.15, 0.2) is 5.17 Å². The standard InChI is InChI=1S/C16H16N2S/c1-2-17-16-18-14-11-7-6-10-13(14)15(19-16)12-8-4-3-5-9-12/h3-11,15H,2H2,1H3,(H,17,18). The summed E-state index contributed by atoms with van der Waals surface area (Å²) < 4.78 is 0. The number of rotatable bonds is 2. The summed E-state index contributed by atoms with van der Waals surface area (Å²) in [6, 6.07) is 19.1. The van der Waals surface area contributed by atoms with Gasteiger partial charge in [-0.25, -0.2) is 0 Å². The minimum absolute atomic E-state index is 0.323. The van der Waals surface area contributed by atoms with Crippen LogP contribution < -0.4 is 5.32 Å². The summed E-state index contributed by atoms with van der Waals surface area (Å²) >= 11 is 1.79. The molecule has 0 fully saturated rings. The van der Waals surface area contributed by atoms with Gasteiger partial charge in [-0.15, -0.1) is 0 Å². The van der Waals surface area contributed by atoms with E-state index < -0.39 is 0 Å². The first-order valence-corrected chi connectivity index (χ1v) is 7.38. The molecule has 0 saturated carbocycles. The van der Waals surface area contributed by atoms with E-state index in [9.17, 15) is 0 Å². The van der Waals surface area contributed by atoms with Crippen LogP contribution in [0.25, 0.3) is 0 Å². The van der Waals surface area contributed by atoms with Crippen LogP contribution in [0.3, 0.4) is 0 Å². The molecule has 0 radical (unpaired) electrons. The summed E-state index contributed by atoms with van der Waals surface area (Å²) in [5, 5.41) is 4.74. The number of anilines is 1. The number of benzene rings is 2. The van der Waals surface area contributed by atoms with Gasteiger partial charge in [0.05, 0.1) is 5.25 Å². The molecule has 19 heavy (non-hydrogen) atoms. The Labute approximate surface area is 118 Å². The summed E-state index contributed by atoms with van der Waals surface area (Å²) in [7, 11) is 0. The number of fused-ring (bicyclic) bond motifs is 1. The molecule has 0 aliphatic carbocycles. The van der Waals surface area contributed by atoms with Gasteiger partial charge < -0.3 is 5.32 Å². The van der Waals surface area contributed by atoms with Crippen molar-refractivity contribution >= 4 is 22.6 Å². The molecule has 3 heteroatoms. The molecular formula is C16H16N2S. The molecule has 0 bridgehead atoms. The number of hydrogen-bond donors (Lipinski definition) is 1. The molecule has 1 aliphatic rings. The fourth-order valence-corrected chi connectivity index (χ4v) is 3.48. The first kappa shape index (κ1) is 12.3. The Balaban J connectivity index is 2.06. The molecule has 0 amide bonds. The Morgan fingerprint density at radius 1 is 1.05 bits per heavy atom. The quantitative estimate of drug-likeness (QED) is 0.877. The third-order valence-corrected chi connectivity index (χ3v) is 4.33. The average Bonchev–Trinajstić information content (AvgIpc) is 2.48. The van der Waals surface area contributed by atoms with E-state index in [2.05, 4.69) is 71.8 Å². The Bertz CT molecular complexity index is 593. The van der Waals surface area contributed by atoms with Crippen LogP contribution in [0, 0.1) is 0 Å². The van der Waals surface area contributed by atoms with Gasteiger partial charge in [0.1, 0.15) is 0 Å². The van der Waals surface area contributed by atoms with E-state index in [-0.39, 0.29) is 0 Å². The van der Waals surface area contributed by atoms with E-state index in [1.165, 1.54) is 16.8 Å². The van der Waals surface area contributed by atoms with E-state index in [1.807, 2.05) is 0 Å². The Kier molecular flexibility index (Phi) is 3.56. The predicted octanol–water partition coefficient (Wildman–Crippen LogP) is 4.31. The third-order valence-electron chi connectivity index (χ3n) is 3.12. The molecule has 0 aromatic heterocycles. The zero-order chi connectivity index (χ0) is 13.1. The van der Waals surface area contributed by atoms with Crippen molar-refractivity contribution in [2.75, 3.05) is 11.9 Å². The average molecular weight is 268 g/mol. The monoisotopic (exact) mass is 268 g/mol. The van der Waals surface area contributed by atoms with Crippen molar-refractivity contribution in [1.82, 2.24) is 0 Å². The zero-order valence-electron chi connectivity index (χ0n) is 10.8. The van der Waals surface area contributed by atoms with Gasteiger partial charge in [0.2, 0.25) is 0 Å². The molecule has 1 unspecified atom stereocenters. The predicted molar refractivity (Wildman–Crippen MR) is 83.9 cm³/mol. The van der Waals surface area contributed by atoms with Crippen molar-refractivity contribution in [2.45, 2.75) is 12.2 Å². The third kappa shape index (κ3) is 2.51. The zero-order valence-corrected chi connectivity index (χ0v) is 11.7. The van der Waals surface area contributed by atoms with Gasteiger partial charge in [-0.2, -0.15) is 0 Å². The van der Waals surface area contributed by atoms with E-state index in [0.29, 0.717) is 5.25 Å². The highest BCUT2D eigenvalue weighted by Crippen LogP contribution is 2.43. The fourth-order valence-electron chi connectivity index (χ4n) is 2.26. The van der Waals surface area contributed by atoms with Crippen LogP contribution in [0.4, 0.5) is 5.69 Å². The lowest BCUT2D eigenvalue weighted by molar-refractivity contribution is 1.12. The van der Waals surface area contributed by atoms with E-state index in [4.69, 9.17) is 0 Å². The number of aliphatic imine (C=N–C) groups is 1. The lowest BCUT2D eigenvalue weighted by atomic mass is 10.0. The molecule has 2 nitrogen and oxygen atoms in total. The van der Waals surface area contributed by atoms with Crippen LogP contribution in [0.15, 0.2) is 59.6 Å². The second-order valence-corrected chi connectivity index (χ2v) is 5.49. The van der Waals surface area contributed by atoms with Gasteiger partial charge in [-0.05, 0) is 24.1 Å². The summed E-state index contributed by atoms with van der Waals surface area (Å²) in [6.07, 6.45) is 0. The summed E-state index contributed by atoms with van der Waals surface area (Å²) in [5.74, 6) is 0. The van der Waals surface area contributed by atoms with E-state index in [1.54, 1.807) is 11.8 Å². The molecule has 2 aromatic carbocycles. The maximum absolute atomic E-state index is 4.53. The summed E-state index contributed by atoms with van der Waals surface area (Å²) in [4.78, 5) is 4.53. The maximum atomic E-state index is 4.53. The van der Waals surface area contributed by atoms with Crippen molar-refractivity contribution in [1.29, 1.82) is 0 Å². The van der Waals surface area contributed by atoms with Crippen LogP contribution in [0.5, 0.6) is 0 Å². The van der Waals surface area contributed by atoms with Crippen LogP contribution in [0.1, 0.15) is 23.3 Å². The molecule has 1 atom stereocenters. The summed E-state index contributed by atoms with van der Waals surface area (Å²) in [6.45, 7) is 2.87. The lowest BCUT2D eigenvalue weighted by Gasteiger charge is -2.27. The van der Waals surface area contributed by atoms with Crippen molar-refractivity contribution in [3.63, 3.8) is 0 Å². The fraction of sp³-hybridized carbons (Fsp3) is 0.188. The topological polar surface area (TPSA) is 24.4 Å². The smallest absolute Gasteiger partial charge is 0.161 e. The van der Waals surface area contributed by atoms with Gasteiger partial charge in [-0.1, -0.05) is 60.3 Å². The van der Waals surface area contributed by atoms with Gasteiger partial charge in [0, 0.05) is 12.2 Å². The van der Waals surface area contributed by atoms with Crippen LogP contribution in [0.2, 0.25) is 0 Å². The van der Waals surface area contributed by atoms with E-state index in [0.717, 1.165) is 11.7 Å². The molecule has 2 aromatic rings. The highest BCUT2D eigenvalue weighted by atomic mass is 32.2. The molecule has 1 aliphatic heterocycles. The Morgan fingerprint density at radius 3 is 2.58 bits per heavy atom. The Hall–Kier alpha value is -1.74. The highest BCUT2D eigenvalue weighted by Gasteiger charge is 2.25. The highest BCUT2D eigenvalue weighted by molar-refractivity contribution is 8.14. The minimum Gasteiger partial charge on any atom is -0.335 e. The molecule has 1 heterocycles. The minimum atomic E-state index is 0.323. The Morgan fingerprint density at radius 2 is 1.79 bits per heavy atom. The first-order chi connectivity index (χ1) is 9.38.